The Hall–Kier alpha value is -2.46. The SMILES string of the molecule is NCC1CCC(C[C@@H](C(N)=O)N(O)S(=O)(=O)c2ccc(Oc3ccccc3)cc2)CC1. The number of amides is 1. The first kappa shape index (κ1) is 23.2. The summed E-state index contributed by atoms with van der Waals surface area (Å²) < 4.78 is 31.6. The summed E-state index contributed by atoms with van der Waals surface area (Å²) in [4.78, 5) is 11.8. The summed E-state index contributed by atoms with van der Waals surface area (Å²) in [6.07, 6.45) is 3.68. The molecule has 168 valence electrons. The first-order valence-corrected chi connectivity index (χ1v) is 11.8. The Morgan fingerprint density at radius 1 is 1.00 bits per heavy atom. The van der Waals surface area contributed by atoms with Crippen molar-refractivity contribution < 1.29 is 23.2 Å². The molecule has 0 aromatic heterocycles. The van der Waals surface area contributed by atoms with Crippen molar-refractivity contribution in [2.24, 2.45) is 23.3 Å². The van der Waals surface area contributed by atoms with Crippen LogP contribution in [0.25, 0.3) is 0 Å². The number of benzene rings is 2. The first-order valence-electron chi connectivity index (χ1n) is 10.4. The summed E-state index contributed by atoms with van der Waals surface area (Å²) in [5.74, 6) is 0.731. The molecule has 0 radical (unpaired) electrons. The minimum atomic E-state index is -4.33. The van der Waals surface area contributed by atoms with Gasteiger partial charge in [-0.15, -0.1) is 0 Å². The number of hydrogen-bond acceptors (Lipinski definition) is 6. The molecule has 1 fully saturated rings. The van der Waals surface area contributed by atoms with Gasteiger partial charge in [-0.1, -0.05) is 35.5 Å². The molecule has 0 heterocycles. The molecule has 3 rings (SSSR count). The molecular formula is C22H29N3O5S. The van der Waals surface area contributed by atoms with E-state index in [-0.39, 0.29) is 21.7 Å². The topological polar surface area (TPSA) is 136 Å². The zero-order valence-electron chi connectivity index (χ0n) is 17.3. The minimum Gasteiger partial charge on any atom is -0.457 e. The third-order valence-electron chi connectivity index (χ3n) is 5.80. The van der Waals surface area contributed by atoms with Crippen LogP contribution in [0.1, 0.15) is 32.1 Å². The van der Waals surface area contributed by atoms with Crippen LogP contribution >= 0.6 is 0 Å². The normalized spacial score (nSPS) is 20.4. The Morgan fingerprint density at radius 3 is 2.10 bits per heavy atom. The maximum atomic E-state index is 12.9. The highest BCUT2D eigenvalue weighted by molar-refractivity contribution is 7.89. The molecule has 2 aromatic carbocycles. The van der Waals surface area contributed by atoms with Crippen molar-refractivity contribution in [3.05, 3.63) is 54.6 Å². The highest BCUT2D eigenvalue weighted by Gasteiger charge is 2.36. The van der Waals surface area contributed by atoms with Gasteiger partial charge in [0.05, 0.1) is 4.90 Å². The summed E-state index contributed by atoms with van der Waals surface area (Å²) in [5, 5.41) is 10.5. The zero-order chi connectivity index (χ0) is 22.4. The molecule has 0 saturated heterocycles. The number of rotatable bonds is 9. The van der Waals surface area contributed by atoms with Crippen LogP contribution in [-0.2, 0) is 14.8 Å². The third kappa shape index (κ3) is 5.82. The Kier molecular flexibility index (Phi) is 7.66. The van der Waals surface area contributed by atoms with Gasteiger partial charge in [0, 0.05) is 0 Å². The highest BCUT2D eigenvalue weighted by atomic mass is 32.2. The second kappa shape index (κ2) is 10.2. The van der Waals surface area contributed by atoms with Crippen molar-refractivity contribution in [3.8, 4) is 11.5 Å². The van der Waals surface area contributed by atoms with E-state index in [1.807, 2.05) is 18.2 Å². The quantitative estimate of drug-likeness (QED) is 0.506. The molecule has 0 spiro atoms. The number of hydroxylamine groups is 1. The smallest absolute Gasteiger partial charge is 0.265 e. The summed E-state index contributed by atoms with van der Waals surface area (Å²) >= 11 is 0. The van der Waals surface area contributed by atoms with E-state index in [4.69, 9.17) is 16.2 Å². The fourth-order valence-electron chi connectivity index (χ4n) is 3.91. The number of sulfonamides is 1. The number of hydrogen-bond donors (Lipinski definition) is 3. The lowest BCUT2D eigenvalue weighted by Gasteiger charge is -2.31. The lowest BCUT2D eigenvalue weighted by Crippen LogP contribution is -2.47. The second-order valence-electron chi connectivity index (χ2n) is 7.94. The van der Waals surface area contributed by atoms with E-state index in [2.05, 4.69) is 0 Å². The fraction of sp³-hybridized carbons (Fsp3) is 0.409. The summed E-state index contributed by atoms with van der Waals surface area (Å²) in [5.41, 5.74) is 11.2. The maximum Gasteiger partial charge on any atom is 0.265 e. The number of nitrogens with zero attached hydrogens (tertiary/aromatic N) is 1. The molecule has 1 aliphatic carbocycles. The molecule has 0 bridgehead atoms. The van der Waals surface area contributed by atoms with Crippen molar-refractivity contribution in [1.82, 2.24) is 4.47 Å². The molecule has 1 saturated carbocycles. The van der Waals surface area contributed by atoms with Crippen LogP contribution in [-0.4, -0.2) is 36.6 Å². The number of carbonyl (C=O) groups is 1. The van der Waals surface area contributed by atoms with Gasteiger partial charge in [-0.3, -0.25) is 10.0 Å². The molecule has 8 nitrogen and oxygen atoms in total. The number of carbonyl (C=O) groups excluding carboxylic acids is 1. The number of ether oxygens (including phenoxy) is 1. The molecule has 0 aliphatic heterocycles. The van der Waals surface area contributed by atoms with Crippen molar-refractivity contribution in [3.63, 3.8) is 0 Å². The van der Waals surface area contributed by atoms with Gasteiger partial charge in [-0.25, -0.2) is 8.42 Å². The Morgan fingerprint density at radius 2 is 1.55 bits per heavy atom. The lowest BCUT2D eigenvalue weighted by atomic mass is 9.79. The predicted molar refractivity (Wildman–Crippen MR) is 116 cm³/mol. The Balaban J connectivity index is 1.70. The van der Waals surface area contributed by atoms with Crippen LogP contribution in [0.5, 0.6) is 11.5 Å². The predicted octanol–water partition coefficient (Wildman–Crippen LogP) is 2.87. The monoisotopic (exact) mass is 447 g/mol. The average molecular weight is 448 g/mol. The van der Waals surface area contributed by atoms with Crippen LogP contribution < -0.4 is 16.2 Å². The minimum absolute atomic E-state index is 0.104. The Labute approximate surface area is 182 Å². The molecule has 5 N–H and O–H groups in total. The molecule has 1 aliphatic rings. The van der Waals surface area contributed by atoms with Gasteiger partial charge in [-0.05, 0) is 74.0 Å². The molecule has 2 aromatic rings. The molecule has 31 heavy (non-hydrogen) atoms. The van der Waals surface area contributed by atoms with Crippen LogP contribution in [0.2, 0.25) is 0 Å². The van der Waals surface area contributed by atoms with E-state index in [9.17, 15) is 18.4 Å². The average Bonchev–Trinajstić information content (AvgIpc) is 2.78. The van der Waals surface area contributed by atoms with E-state index in [1.165, 1.54) is 24.3 Å². The maximum absolute atomic E-state index is 12.9. The van der Waals surface area contributed by atoms with Crippen LogP contribution in [0.3, 0.4) is 0 Å². The van der Waals surface area contributed by atoms with Crippen molar-refractivity contribution in [1.29, 1.82) is 0 Å². The Bertz CT molecular complexity index is 958. The zero-order valence-corrected chi connectivity index (χ0v) is 18.1. The summed E-state index contributed by atoms with van der Waals surface area (Å²) in [7, 11) is -4.33. The highest BCUT2D eigenvalue weighted by Crippen LogP contribution is 2.33. The lowest BCUT2D eigenvalue weighted by molar-refractivity contribution is -0.132. The van der Waals surface area contributed by atoms with Gasteiger partial charge >= 0.3 is 0 Å². The van der Waals surface area contributed by atoms with E-state index in [0.717, 1.165) is 25.7 Å². The molecule has 0 unspecified atom stereocenters. The van der Waals surface area contributed by atoms with Crippen molar-refractivity contribution in [2.45, 2.75) is 43.0 Å². The number of primary amides is 1. The van der Waals surface area contributed by atoms with Gasteiger partial charge in [0.15, 0.2) is 0 Å². The van der Waals surface area contributed by atoms with E-state index >= 15 is 0 Å². The molecule has 1 atom stereocenters. The van der Waals surface area contributed by atoms with Gasteiger partial charge in [0.25, 0.3) is 10.0 Å². The fourth-order valence-corrected chi connectivity index (χ4v) is 5.13. The van der Waals surface area contributed by atoms with Crippen LogP contribution in [0.4, 0.5) is 0 Å². The van der Waals surface area contributed by atoms with Gasteiger partial charge < -0.3 is 16.2 Å². The van der Waals surface area contributed by atoms with Gasteiger partial charge in [0.2, 0.25) is 5.91 Å². The van der Waals surface area contributed by atoms with E-state index in [0.29, 0.717) is 24.0 Å². The standard InChI is InChI=1S/C22H29N3O5S/c23-15-17-8-6-16(7-9-17)14-21(22(24)26)25(27)31(28,29)20-12-10-19(11-13-20)30-18-4-2-1-3-5-18/h1-5,10-13,16-17,21,27H,6-9,14-15,23H2,(H2,24,26)/t16?,17?,21-/m0/s1. The van der Waals surface area contributed by atoms with Crippen molar-refractivity contribution >= 4 is 15.9 Å². The number of nitrogens with two attached hydrogens (primary N) is 2. The number of para-hydroxylation sites is 1. The van der Waals surface area contributed by atoms with Gasteiger partial charge in [-0.2, -0.15) is 0 Å². The van der Waals surface area contributed by atoms with Crippen LogP contribution in [0.15, 0.2) is 59.5 Å². The first-order chi connectivity index (χ1) is 14.8. The third-order valence-corrected chi connectivity index (χ3v) is 7.41. The molecule has 1 amide bonds. The largest absolute Gasteiger partial charge is 0.457 e. The summed E-state index contributed by atoms with van der Waals surface area (Å²) in [6.45, 7) is 0.621. The van der Waals surface area contributed by atoms with E-state index in [1.54, 1.807) is 12.1 Å². The summed E-state index contributed by atoms with van der Waals surface area (Å²) in [6, 6.07) is 13.3. The van der Waals surface area contributed by atoms with Crippen molar-refractivity contribution in [2.75, 3.05) is 6.54 Å². The molecule has 9 heteroatoms. The molecular weight excluding hydrogens is 418 g/mol. The van der Waals surface area contributed by atoms with Crippen LogP contribution in [0, 0.1) is 11.8 Å². The van der Waals surface area contributed by atoms with Gasteiger partial charge in [0.1, 0.15) is 17.5 Å². The van der Waals surface area contributed by atoms with E-state index < -0.39 is 22.0 Å². The second-order valence-corrected chi connectivity index (χ2v) is 9.74.